The number of hydrogen-bond acceptors (Lipinski definition) is 2. The Morgan fingerprint density at radius 3 is 3.00 bits per heavy atom. The molecule has 0 atom stereocenters. The molecule has 3 rings (SSSR count). The van der Waals surface area contributed by atoms with E-state index in [1.54, 1.807) is 12.4 Å². The van der Waals surface area contributed by atoms with E-state index in [0.29, 0.717) is 5.56 Å². The molecule has 1 aromatic carbocycles. The number of anilines is 1. The molecule has 20 heavy (non-hydrogen) atoms. The summed E-state index contributed by atoms with van der Waals surface area (Å²) in [5.41, 5.74) is 4.10. The van der Waals surface area contributed by atoms with E-state index in [1.165, 1.54) is 5.56 Å². The first-order valence-corrected chi connectivity index (χ1v) is 7.47. The summed E-state index contributed by atoms with van der Waals surface area (Å²) in [6.45, 7) is 2.83. The fourth-order valence-corrected chi connectivity index (χ4v) is 3.10. The first kappa shape index (κ1) is 13.3. The third-order valence-electron chi connectivity index (χ3n) is 3.62. The van der Waals surface area contributed by atoms with E-state index in [1.807, 2.05) is 11.0 Å². The van der Waals surface area contributed by atoms with E-state index in [2.05, 4.69) is 46.0 Å². The predicted molar refractivity (Wildman–Crippen MR) is 83.1 cm³/mol. The summed E-state index contributed by atoms with van der Waals surface area (Å²) in [7, 11) is 0. The molecule has 0 fully saturated rings. The first-order chi connectivity index (χ1) is 9.66. The number of aryl methyl sites for hydroxylation is 2. The molecule has 0 saturated carbocycles. The average Bonchev–Trinajstić information content (AvgIpc) is 2.46. The Bertz CT molecular complexity index is 669. The van der Waals surface area contributed by atoms with Gasteiger partial charge in [-0.3, -0.25) is 9.78 Å². The smallest absolute Gasteiger partial charge is 0.259 e. The number of aromatic nitrogens is 1. The molecular weight excluding hydrogens is 316 g/mol. The fraction of sp³-hybridized carbons (Fsp3) is 0.250. The van der Waals surface area contributed by atoms with Crippen LogP contribution in [0.1, 0.15) is 27.9 Å². The monoisotopic (exact) mass is 330 g/mol. The quantitative estimate of drug-likeness (QED) is 0.797. The van der Waals surface area contributed by atoms with E-state index in [-0.39, 0.29) is 5.91 Å². The van der Waals surface area contributed by atoms with Gasteiger partial charge in [-0.25, -0.2) is 0 Å². The number of benzene rings is 1. The Morgan fingerprint density at radius 2 is 2.20 bits per heavy atom. The van der Waals surface area contributed by atoms with Crippen LogP contribution < -0.4 is 4.90 Å². The highest BCUT2D eigenvalue weighted by molar-refractivity contribution is 9.10. The second-order valence-corrected chi connectivity index (χ2v) is 5.95. The molecule has 102 valence electrons. The van der Waals surface area contributed by atoms with Crippen molar-refractivity contribution in [3.63, 3.8) is 0 Å². The van der Waals surface area contributed by atoms with Crippen LogP contribution in [0.5, 0.6) is 0 Å². The lowest BCUT2D eigenvalue weighted by Gasteiger charge is -2.31. The maximum absolute atomic E-state index is 12.7. The summed E-state index contributed by atoms with van der Waals surface area (Å²) >= 11 is 3.37. The van der Waals surface area contributed by atoms with Gasteiger partial charge < -0.3 is 4.90 Å². The van der Waals surface area contributed by atoms with Crippen LogP contribution in [0.3, 0.4) is 0 Å². The van der Waals surface area contributed by atoms with Gasteiger partial charge in [-0.2, -0.15) is 0 Å². The van der Waals surface area contributed by atoms with Crippen LogP contribution in [0.2, 0.25) is 0 Å². The molecule has 0 aliphatic carbocycles. The Kier molecular flexibility index (Phi) is 3.57. The molecule has 2 aromatic rings. The van der Waals surface area contributed by atoms with Crippen molar-refractivity contribution in [1.82, 2.24) is 4.98 Å². The largest absolute Gasteiger partial charge is 0.308 e. The van der Waals surface area contributed by atoms with Gasteiger partial charge in [0.25, 0.3) is 5.91 Å². The molecule has 0 unspecified atom stereocenters. The molecule has 0 saturated heterocycles. The molecule has 1 amide bonds. The normalized spacial score (nSPS) is 14.0. The van der Waals surface area contributed by atoms with Gasteiger partial charge >= 0.3 is 0 Å². The van der Waals surface area contributed by atoms with Crippen molar-refractivity contribution in [3.05, 3.63) is 57.8 Å². The van der Waals surface area contributed by atoms with Crippen LogP contribution in [-0.4, -0.2) is 17.4 Å². The highest BCUT2D eigenvalue weighted by atomic mass is 79.9. The minimum absolute atomic E-state index is 0.0223. The topological polar surface area (TPSA) is 33.2 Å². The molecule has 1 aliphatic heterocycles. The van der Waals surface area contributed by atoms with Crippen LogP contribution in [0, 0.1) is 6.92 Å². The van der Waals surface area contributed by atoms with Gasteiger partial charge in [0.15, 0.2) is 0 Å². The second-order valence-electron chi connectivity index (χ2n) is 5.03. The molecule has 1 aliphatic rings. The maximum atomic E-state index is 12.7. The zero-order valence-electron chi connectivity index (χ0n) is 11.3. The summed E-state index contributed by atoms with van der Waals surface area (Å²) < 4.78 is 0.824. The summed E-state index contributed by atoms with van der Waals surface area (Å²) in [5, 5.41) is 0. The van der Waals surface area contributed by atoms with Crippen LogP contribution in [0.15, 0.2) is 41.1 Å². The Morgan fingerprint density at radius 1 is 1.35 bits per heavy atom. The lowest BCUT2D eigenvalue weighted by atomic mass is 9.97. The van der Waals surface area contributed by atoms with E-state index < -0.39 is 0 Å². The summed E-state index contributed by atoms with van der Waals surface area (Å²) in [4.78, 5) is 18.7. The van der Waals surface area contributed by atoms with E-state index in [4.69, 9.17) is 0 Å². The van der Waals surface area contributed by atoms with Crippen molar-refractivity contribution < 1.29 is 4.79 Å². The Balaban J connectivity index is 2.03. The molecule has 0 N–H and O–H groups in total. The maximum Gasteiger partial charge on any atom is 0.259 e. The van der Waals surface area contributed by atoms with Gasteiger partial charge in [0.2, 0.25) is 0 Å². The van der Waals surface area contributed by atoms with Crippen LogP contribution in [-0.2, 0) is 6.42 Å². The lowest BCUT2D eigenvalue weighted by Crippen LogP contribution is -2.36. The summed E-state index contributed by atoms with van der Waals surface area (Å²) in [5.74, 6) is 0.0223. The zero-order chi connectivity index (χ0) is 14.1. The number of carbonyl (C=O) groups is 1. The Labute approximate surface area is 126 Å². The molecule has 3 nitrogen and oxygen atoms in total. The number of nitrogens with zero attached hydrogens (tertiary/aromatic N) is 2. The van der Waals surface area contributed by atoms with Gasteiger partial charge in [-0.05, 0) is 52.9 Å². The standard InChI is InChI=1S/C16H15BrN2O/c1-11-4-2-5-12-6-3-7-19(15(11)12)16(20)13-8-14(17)10-18-9-13/h2,4-5,8-10H,3,6-7H2,1H3. The highest BCUT2D eigenvalue weighted by Gasteiger charge is 2.25. The van der Waals surface area contributed by atoms with Crippen LogP contribution in [0.25, 0.3) is 0 Å². The molecule has 1 aromatic heterocycles. The van der Waals surface area contributed by atoms with Crippen molar-refractivity contribution in [2.75, 3.05) is 11.4 Å². The van der Waals surface area contributed by atoms with Crippen molar-refractivity contribution in [2.24, 2.45) is 0 Å². The van der Waals surface area contributed by atoms with E-state index in [0.717, 1.165) is 35.1 Å². The molecule has 2 heterocycles. The van der Waals surface area contributed by atoms with E-state index >= 15 is 0 Å². The number of fused-ring (bicyclic) bond motifs is 1. The number of pyridine rings is 1. The van der Waals surface area contributed by atoms with Crippen molar-refractivity contribution >= 4 is 27.5 Å². The zero-order valence-corrected chi connectivity index (χ0v) is 12.9. The van der Waals surface area contributed by atoms with Gasteiger partial charge in [-0.1, -0.05) is 18.2 Å². The van der Waals surface area contributed by atoms with Crippen LogP contribution in [0.4, 0.5) is 5.69 Å². The number of para-hydroxylation sites is 1. The van der Waals surface area contributed by atoms with Crippen LogP contribution >= 0.6 is 15.9 Å². The molecular formula is C16H15BrN2O. The number of hydrogen-bond donors (Lipinski definition) is 0. The van der Waals surface area contributed by atoms with E-state index in [9.17, 15) is 4.79 Å². The van der Waals surface area contributed by atoms with Crippen molar-refractivity contribution in [2.45, 2.75) is 19.8 Å². The van der Waals surface area contributed by atoms with Gasteiger partial charge in [0.05, 0.1) is 11.3 Å². The summed E-state index contributed by atoms with van der Waals surface area (Å²) in [6.07, 6.45) is 5.35. The number of halogens is 1. The summed E-state index contributed by atoms with van der Waals surface area (Å²) in [6, 6.07) is 8.05. The Hall–Kier alpha value is -1.68. The minimum Gasteiger partial charge on any atom is -0.308 e. The van der Waals surface area contributed by atoms with Gasteiger partial charge in [-0.15, -0.1) is 0 Å². The SMILES string of the molecule is Cc1cccc2c1N(C(=O)c1cncc(Br)c1)CCC2. The third-order valence-corrected chi connectivity index (χ3v) is 4.05. The predicted octanol–water partition coefficient (Wildman–Crippen LogP) is 3.75. The number of amides is 1. The molecule has 4 heteroatoms. The first-order valence-electron chi connectivity index (χ1n) is 6.68. The molecule has 0 bridgehead atoms. The second kappa shape index (κ2) is 5.37. The third kappa shape index (κ3) is 2.36. The van der Waals surface area contributed by atoms with Gasteiger partial charge in [0.1, 0.15) is 0 Å². The lowest BCUT2D eigenvalue weighted by molar-refractivity contribution is 0.0984. The molecule has 0 spiro atoms. The van der Waals surface area contributed by atoms with Gasteiger partial charge in [0, 0.05) is 23.4 Å². The number of carbonyl (C=O) groups excluding carboxylic acids is 1. The highest BCUT2D eigenvalue weighted by Crippen LogP contribution is 2.31. The van der Waals surface area contributed by atoms with Crippen molar-refractivity contribution in [3.8, 4) is 0 Å². The van der Waals surface area contributed by atoms with Crippen molar-refractivity contribution in [1.29, 1.82) is 0 Å². The average molecular weight is 331 g/mol. The molecule has 0 radical (unpaired) electrons. The fourth-order valence-electron chi connectivity index (χ4n) is 2.73. The number of rotatable bonds is 1. The minimum atomic E-state index is 0.0223.